The highest BCUT2D eigenvalue weighted by Gasteiger charge is 2.31. The Labute approximate surface area is 189 Å². The van der Waals surface area contributed by atoms with Crippen LogP contribution in [0.2, 0.25) is 0 Å². The number of benzene rings is 1. The molecule has 0 aliphatic carbocycles. The zero-order valence-corrected chi connectivity index (χ0v) is 18.5. The number of hydrogen-bond acceptors (Lipinski definition) is 5. The lowest BCUT2D eigenvalue weighted by atomic mass is 10.1. The second-order valence-corrected chi connectivity index (χ2v) is 7.74. The normalized spacial score (nSPS) is 14.8. The summed E-state index contributed by atoms with van der Waals surface area (Å²) in [5.41, 5.74) is -0.0185. The number of amides is 2. The number of halogens is 3. The van der Waals surface area contributed by atoms with Gasteiger partial charge in [-0.3, -0.25) is 14.5 Å². The Bertz CT molecular complexity index is 1000. The van der Waals surface area contributed by atoms with E-state index in [1.807, 2.05) is 0 Å². The zero-order valence-electron chi connectivity index (χ0n) is 18.5. The molecule has 11 heteroatoms. The number of nitrogens with one attached hydrogen (secondary N) is 1. The Balaban J connectivity index is 1.78. The van der Waals surface area contributed by atoms with Gasteiger partial charge in [0.1, 0.15) is 5.82 Å². The van der Waals surface area contributed by atoms with Gasteiger partial charge in [-0.1, -0.05) is 6.07 Å². The Hall–Kier alpha value is -2.92. The molecule has 0 bridgehead atoms. The number of carbonyl (C=O) groups is 2. The predicted octanol–water partition coefficient (Wildman–Crippen LogP) is 2.84. The van der Waals surface area contributed by atoms with E-state index < -0.39 is 30.1 Å². The Morgan fingerprint density at radius 2 is 2.00 bits per heavy atom. The van der Waals surface area contributed by atoms with Gasteiger partial charge in [-0.2, -0.15) is 18.3 Å². The van der Waals surface area contributed by atoms with Crippen LogP contribution in [0.4, 0.5) is 19.0 Å². The number of hydrogen-bond donors (Lipinski definition) is 2. The molecule has 2 N–H and O–H groups in total. The third-order valence-electron chi connectivity index (χ3n) is 5.63. The van der Waals surface area contributed by atoms with Crippen LogP contribution in [0.3, 0.4) is 0 Å². The summed E-state index contributed by atoms with van der Waals surface area (Å²) in [6.45, 7) is 4.24. The van der Waals surface area contributed by atoms with Crippen molar-refractivity contribution in [1.82, 2.24) is 15.1 Å². The minimum atomic E-state index is -4.57. The fourth-order valence-electron chi connectivity index (χ4n) is 3.85. The topological polar surface area (TPSA) is 96.7 Å². The van der Waals surface area contributed by atoms with Crippen molar-refractivity contribution in [3.8, 4) is 0 Å². The molecule has 1 aliphatic heterocycles. The van der Waals surface area contributed by atoms with Gasteiger partial charge >= 0.3 is 6.18 Å². The van der Waals surface area contributed by atoms with Gasteiger partial charge in [-0.05, 0) is 44.9 Å². The Morgan fingerprint density at radius 1 is 1.30 bits per heavy atom. The van der Waals surface area contributed by atoms with Crippen LogP contribution in [0.5, 0.6) is 0 Å². The second-order valence-electron chi connectivity index (χ2n) is 7.74. The fraction of sp³-hybridized carbons (Fsp3) is 0.500. The highest BCUT2D eigenvalue weighted by Crippen LogP contribution is 2.32. The number of nitrogens with zero attached hydrogens (tertiary/aromatic N) is 3. The molecule has 1 saturated heterocycles. The predicted molar refractivity (Wildman–Crippen MR) is 114 cm³/mol. The molecule has 3 rings (SSSR count). The van der Waals surface area contributed by atoms with Crippen LogP contribution < -0.4 is 10.2 Å². The third kappa shape index (κ3) is 5.53. The highest BCUT2D eigenvalue weighted by molar-refractivity contribution is 6.00. The summed E-state index contributed by atoms with van der Waals surface area (Å²) in [6, 6.07) is 4.01. The van der Waals surface area contributed by atoms with E-state index in [9.17, 15) is 27.9 Å². The van der Waals surface area contributed by atoms with Crippen LogP contribution in [0.15, 0.2) is 24.3 Å². The van der Waals surface area contributed by atoms with E-state index in [4.69, 9.17) is 4.74 Å². The van der Waals surface area contributed by atoms with Gasteiger partial charge in [0.15, 0.2) is 0 Å². The number of anilines is 1. The first-order chi connectivity index (χ1) is 15.7. The minimum absolute atomic E-state index is 0.00528. The SMILES string of the molecule is CCN(C(=O)CNC(=O)c1cccc(C(F)(F)F)c1)c1c(C)c(CO)nn1C1CCOCC1. The van der Waals surface area contributed by atoms with E-state index in [1.165, 1.54) is 11.0 Å². The average molecular weight is 468 g/mol. The molecule has 2 aromatic rings. The lowest BCUT2D eigenvalue weighted by Crippen LogP contribution is -2.42. The lowest BCUT2D eigenvalue weighted by Gasteiger charge is -2.29. The van der Waals surface area contributed by atoms with E-state index in [1.54, 1.807) is 18.5 Å². The smallest absolute Gasteiger partial charge is 0.390 e. The number of alkyl halides is 3. The van der Waals surface area contributed by atoms with E-state index >= 15 is 0 Å². The molecule has 0 unspecified atom stereocenters. The summed E-state index contributed by atoms with van der Waals surface area (Å²) in [7, 11) is 0. The number of ether oxygens (including phenoxy) is 1. The van der Waals surface area contributed by atoms with Crippen molar-refractivity contribution < 1.29 is 32.6 Å². The number of aromatic nitrogens is 2. The maximum absolute atomic E-state index is 13.0. The summed E-state index contributed by atoms with van der Waals surface area (Å²) in [5, 5.41) is 16.6. The first-order valence-electron chi connectivity index (χ1n) is 10.7. The second kappa shape index (κ2) is 10.3. The van der Waals surface area contributed by atoms with E-state index in [0.717, 1.165) is 18.2 Å². The molecule has 1 aliphatic rings. The van der Waals surface area contributed by atoms with E-state index in [0.29, 0.717) is 43.1 Å². The van der Waals surface area contributed by atoms with E-state index in [-0.39, 0.29) is 24.8 Å². The van der Waals surface area contributed by atoms with Crippen molar-refractivity contribution in [2.24, 2.45) is 0 Å². The number of aliphatic hydroxyl groups is 1. The summed E-state index contributed by atoms with van der Waals surface area (Å²) in [5.74, 6) is -0.693. The lowest BCUT2D eigenvalue weighted by molar-refractivity contribution is -0.137. The van der Waals surface area contributed by atoms with Gasteiger partial charge in [0, 0.05) is 30.9 Å². The first kappa shape index (κ1) is 24.7. The third-order valence-corrected chi connectivity index (χ3v) is 5.63. The summed E-state index contributed by atoms with van der Waals surface area (Å²) < 4.78 is 45.9. The van der Waals surface area contributed by atoms with Crippen molar-refractivity contribution >= 4 is 17.6 Å². The molecule has 180 valence electrons. The van der Waals surface area contributed by atoms with Gasteiger partial charge in [0.05, 0.1) is 30.5 Å². The molecular weight excluding hydrogens is 441 g/mol. The molecule has 33 heavy (non-hydrogen) atoms. The van der Waals surface area contributed by atoms with Crippen molar-refractivity contribution in [2.45, 2.75) is 45.5 Å². The van der Waals surface area contributed by atoms with Gasteiger partial charge in [0.2, 0.25) is 5.91 Å². The maximum atomic E-state index is 13.0. The monoisotopic (exact) mass is 468 g/mol. The molecule has 2 amide bonds. The molecular formula is C22H27F3N4O4. The summed E-state index contributed by atoms with van der Waals surface area (Å²) in [6.07, 6.45) is -3.16. The van der Waals surface area contributed by atoms with Gasteiger partial charge in [-0.25, -0.2) is 4.68 Å². The molecule has 1 aromatic heterocycles. The molecule has 0 saturated carbocycles. The number of aliphatic hydroxyl groups excluding tert-OH is 1. The Kier molecular flexibility index (Phi) is 7.75. The number of likely N-dealkylation sites (N-methyl/N-ethyl adjacent to an activating group) is 1. The van der Waals surface area contributed by atoms with Crippen molar-refractivity contribution in [2.75, 3.05) is 31.2 Å². The average Bonchev–Trinajstić information content (AvgIpc) is 3.14. The minimum Gasteiger partial charge on any atom is -0.390 e. The van der Waals surface area contributed by atoms with Crippen molar-refractivity contribution in [3.05, 3.63) is 46.6 Å². The maximum Gasteiger partial charge on any atom is 0.416 e. The molecule has 0 spiro atoms. The number of carbonyl (C=O) groups excluding carboxylic acids is 2. The van der Waals surface area contributed by atoms with Crippen LogP contribution >= 0.6 is 0 Å². The largest absolute Gasteiger partial charge is 0.416 e. The standard InChI is InChI=1S/C22H27F3N4O4/c1-3-28(21-14(2)18(13-30)27-29(21)17-7-9-33-10-8-17)19(31)12-26-20(32)15-5-4-6-16(11-15)22(23,24)25/h4-6,11,17,30H,3,7-10,12-13H2,1-2H3,(H,26,32). The number of rotatable bonds is 7. The van der Waals surface area contributed by atoms with Crippen molar-refractivity contribution in [3.63, 3.8) is 0 Å². The highest BCUT2D eigenvalue weighted by atomic mass is 19.4. The first-order valence-corrected chi connectivity index (χ1v) is 10.7. The molecule has 8 nitrogen and oxygen atoms in total. The van der Waals surface area contributed by atoms with Crippen LogP contribution in [0.25, 0.3) is 0 Å². The van der Waals surface area contributed by atoms with Gasteiger partial charge in [0.25, 0.3) is 5.91 Å². The summed E-state index contributed by atoms with van der Waals surface area (Å²) >= 11 is 0. The molecule has 0 atom stereocenters. The molecule has 0 radical (unpaired) electrons. The van der Waals surface area contributed by atoms with E-state index in [2.05, 4.69) is 10.4 Å². The van der Waals surface area contributed by atoms with Gasteiger partial charge < -0.3 is 15.2 Å². The zero-order chi connectivity index (χ0) is 24.2. The molecule has 1 fully saturated rings. The van der Waals surface area contributed by atoms with Gasteiger partial charge in [-0.15, -0.1) is 0 Å². The fourth-order valence-corrected chi connectivity index (χ4v) is 3.85. The quantitative estimate of drug-likeness (QED) is 0.652. The Morgan fingerprint density at radius 3 is 2.61 bits per heavy atom. The van der Waals surface area contributed by atoms with Crippen LogP contribution in [0.1, 0.15) is 53.0 Å². The van der Waals surface area contributed by atoms with Crippen LogP contribution in [-0.2, 0) is 22.3 Å². The van der Waals surface area contributed by atoms with Crippen molar-refractivity contribution in [1.29, 1.82) is 0 Å². The van der Waals surface area contributed by atoms with Crippen LogP contribution in [-0.4, -0.2) is 53.0 Å². The molecule has 1 aromatic carbocycles. The van der Waals surface area contributed by atoms with Crippen LogP contribution in [0, 0.1) is 6.92 Å². The summed E-state index contributed by atoms with van der Waals surface area (Å²) in [4.78, 5) is 26.9. The molecule has 2 heterocycles.